The van der Waals surface area contributed by atoms with Gasteiger partial charge in [0.1, 0.15) is 11.5 Å². The minimum atomic E-state index is -0.541. The molecule has 3 aromatic rings. The molecule has 2 aromatic carbocycles. The topological polar surface area (TPSA) is 107 Å². The lowest BCUT2D eigenvalue weighted by molar-refractivity contribution is -0.384. The maximum Gasteiger partial charge on any atom is 0.270 e. The number of rotatable bonds is 7. The quantitative estimate of drug-likeness (QED) is 0.482. The van der Waals surface area contributed by atoms with E-state index >= 15 is 0 Å². The van der Waals surface area contributed by atoms with Gasteiger partial charge in [0.15, 0.2) is 0 Å². The van der Waals surface area contributed by atoms with Crippen LogP contribution in [0.15, 0.2) is 65.3 Å². The zero-order valence-corrected chi connectivity index (χ0v) is 14.5. The number of carbonyl (C=O) groups is 1. The van der Waals surface area contributed by atoms with Crippen LogP contribution in [0.2, 0.25) is 0 Å². The first-order valence-electron chi connectivity index (χ1n) is 8.07. The minimum Gasteiger partial charge on any atom is -0.497 e. The zero-order valence-electron chi connectivity index (χ0n) is 14.5. The number of ether oxygens (including phenoxy) is 1. The van der Waals surface area contributed by atoms with Crippen LogP contribution >= 0.6 is 0 Å². The van der Waals surface area contributed by atoms with Crippen molar-refractivity contribution in [2.45, 2.75) is 6.54 Å². The number of methoxy groups -OCH3 is 1. The Hall–Kier alpha value is -3.81. The van der Waals surface area contributed by atoms with Gasteiger partial charge in [-0.25, -0.2) is 0 Å². The lowest BCUT2D eigenvalue weighted by atomic mass is 10.1. The highest BCUT2D eigenvalue weighted by molar-refractivity contribution is 6.08. The molecular weight excluding hydrogens is 350 g/mol. The van der Waals surface area contributed by atoms with E-state index in [1.165, 1.54) is 18.2 Å². The molecule has 0 aliphatic carbocycles. The molecule has 1 heterocycles. The fourth-order valence-corrected chi connectivity index (χ4v) is 2.46. The third-order valence-corrected chi connectivity index (χ3v) is 3.84. The van der Waals surface area contributed by atoms with E-state index < -0.39 is 10.8 Å². The van der Waals surface area contributed by atoms with Crippen molar-refractivity contribution in [2.24, 2.45) is 0 Å². The van der Waals surface area contributed by atoms with Gasteiger partial charge in [-0.05, 0) is 42.5 Å². The first kappa shape index (κ1) is 18.0. The molecule has 1 aromatic heterocycles. The Labute approximate surface area is 154 Å². The molecule has 0 atom stereocenters. The lowest BCUT2D eigenvalue weighted by Crippen LogP contribution is -2.15. The Morgan fingerprint density at radius 3 is 2.59 bits per heavy atom. The third kappa shape index (κ3) is 4.43. The number of benzene rings is 2. The maximum absolute atomic E-state index is 12.7. The first-order valence-corrected chi connectivity index (χ1v) is 8.07. The molecule has 0 unspecified atom stereocenters. The van der Waals surface area contributed by atoms with Crippen molar-refractivity contribution >= 4 is 23.0 Å². The lowest BCUT2D eigenvalue weighted by Gasteiger charge is -2.12. The number of hydrogen-bond acceptors (Lipinski definition) is 6. The summed E-state index contributed by atoms with van der Waals surface area (Å²) in [5.41, 5.74) is 0.998. The van der Waals surface area contributed by atoms with E-state index in [1.807, 2.05) is 0 Å². The summed E-state index contributed by atoms with van der Waals surface area (Å²) >= 11 is 0. The van der Waals surface area contributed by atoms with E-state index in [-0.39, 0.29) is 11.3 Å². The summed E-state index contributed by atoms with van der Waals surface area (Å²) in [7, 11) is 1.55. The smallest absolute Gasteiger partial charge is 0.270 e. The van der Waals surface area contributed by atoms with Crippen LogP contribution in [0, 0.1) is 10.1 Å². The SMILES string of the molecule is COc1ccc(NC(=O)c2cc([N+](=O)[O-])ccc2NCc2ccco2)cc1. The molecule has 0 aliphatic heterocycles. The normalized spacial score (nSPS) is 10.3. The van der Waals surface area contributed by atoms with Gasteiger partial charge in [-0.15, -0.1) is 0 Å². The summed E-state index contributed by atoms with van der Waals surface area (Å²) < 4.78 is 10.3. The predicted molar refractivity (Wildman–Crippen MR) is 100 cm³/mol. The highest BCUT2D eigenvalue weighted by atomic mass is 16.6. The van der Waals surface area contributed by atoms with E-state index in [0.29, 0.717) is 29.4 Å². The minimum absolute atomic E-state index is 0.159. The Bertz CT molecular complexity index is 936. The largest absolute Gasteiger partial charge is 0.497 e. The molecular formula is C19H17N3O5. The molecule has 1 amide bonds. The Balaban J connectivity index is 1.83. The second kappa shape index (κ2) is 8.05. The summed E-state index contributed by atoms with van der Waals surface area (Å²) in [4.78, 5) is 23.2. The predicted octanol–water partition coefficient (Wildman–Crippen LogP) is 4.06. The van der Waals surface area contributed by atoms with Crippen LogP contribution in [-0.2, 0) is 6.54 Å². The van der Waals surface area contributed by atoms with Crippen LogP contribution in [0.4, 0.5) is 17.1 Å². The van der Waals surface area contributed by atoms with Crippen LogP contribution in [0.1, 0.15) is 16.1 Å². The first-order chi connectivity index (χ1) is 13.1. The molecule has 138 valence electrons. The number of non-ortho nitro benzene ring substituents is 1. The highest BCUT2D eigenvalue weighted by Gasteiger charge is 2.17. The van der Waals surface area contributed by atoms with Crippen molar-refractivity contribution < 1.29 is 18.9 Å². The fourth-order valence-electron chi connectivity index (χ4n) is 2.46. The summed E-state index contributed by atoms with van der Waals surface area (Å²) in [6.07, 6.45) is 1.55. The third-order valence-electron chi connectivity index (χ3n) is 3.84. The van der Waals surface area contributed by atoms with Crippen molar-refractivity contribution in [1.29, 1.82) is 0 Å². The average Bonchev–Trinajstić information content (AvgIpc) is 3.20. The number of nitro benzene ring substituents is 1. The molecule has 8 heteroatoms. The van der Waals surface area contributed by atoms with E-state index in [4.69, 9.17) is 9.15 Å². The van der Waals surface area contributed by atoms with Gasteiger partial charge in [0, 0.05) is 23.5 Å². The van der Waals surface area contributed by atoms with Gasteiger partial charge < -0.3 is 19.8 Å². The van der Waals surface area contributed by atoms with Gasteiger partial charge in [0.25, 0.3) is 11.6 Å². The number of hydrogen-bond donors (Lipinski definition) is 2. The van der Waals surface area contributed by atoms with Gasteiger partial charge in [0.2, 0.25) is 0 Å². The van der Waals surface area contributed by atoms with Crippen molar-refractivity contribution in [2.75, 3.05) is 17.7 Å². The molecule has 0 aliphatic rings. The van der Waals surface area contributed by atoms with E-state index in [0.717, 1.165) is 0 Å². The van der Waals surface area contributed by atoms with Gasteiger partial charge in [-0.3, -0.25) is 14.9 Å². The van der Waals surface area contributed by atoms with Crippen molar-refractivity contribution in [3.05, 3.63) is 82.3 Å². The number of furan rings is 1. The summed E-state index contributed by atoms with van der Waals surface area (Å²) in [5.74, 6) is 0.866. The summed E-state index contributed by atoms with van der Waals surface area (Å²) in [6.45, 7) is 0.341. The van der Waals surface area contributed by atoms with Crippen LogP contribution < -0.4 is 15.4 Å². The van der Waals surface area contributed by atoms with Crippen LogP contribution in [-0.4, -0.2) is 17.9 Å². The molecule has 2 N–H and O–H groups in total. The van der Waals surface area contributed by atoms with Crippen molar-refractivity contribution in [3.63, 3.8) is 0 Å². The Morgan fingerprint density at radius 1 is 1.19 bits per heavy atom. The van der Waals surface area contributed by atoms with E-state index in [9.17, 15) is 14.9 Å². The van der Waals surface area contributed by atoms with Gasteiger partial charge in [-0.2, -0.15) is 0 Å². The highest BCUT2D eigenvalue weighted by Crippen LogP contribution is 2.24. The van der Waals surface area contributed by atoms with Gasteiger partial charge in [0.05, 0.1) is 30.4 Å². The van der Waals surface area contributed by atoms with Crippen molar-refractivity contribution in [3.8, 4) is 5.75 Å². The maximum atomic E-state index is 12.7. The molecule has 0 saturated heterocycles. The number of carbonyl (C=O) groups excluding carboxylic acids is 1. The van der Waals surface area contributed by atoms with E-state index in [2.05, 4.69) is 10.6 Å². The Kier molecular flexibility index (Phi) is 5.36. The molecule has 0 bridgehead atoms. The second-order valence-electron chi connectivity index (χ2n) is 5.60. The fraction of sp³-hybridized carbons (Fsp3) is 0.105. The molecule has 0 saturated carbocycles. The van der Waals surface area contributed by atoms with E-state index in [1.54, 1.807) is 49.8 Å². The number of nitro groups is 1. The zero-order chi connectivity index (χ0) is 19.2. The Morgan fingerprint density at radius 2 is 1.96 bits per heavy atom. The molecule has 0 spiro atoms. The number of anilines is 2. The van der Waals surface area contributed by atoms with Crippen molar-refractivity contribution in [1.82, 2.24) is 0 Å². The average molecular weight is 367 g/mol. The standard InChI is InChI=1S/C19H17N3O5/c1-26-15-7-4-13(5-8-15)21-19(23)17-11-14(22(24)25)6-9-18(17)20-12-16-3-2-10-27-16/h2-11,20H,12H2,1H3,(H,21,23). The van der Waals surface area contributed by atoms with Crippen LogP contribution in [0.25, 0.3) is 0 Å². The molecule has 8 nitrogen and oxygen atoms in total. The number of amides is 1. The summed E-state index contributed by atoms with van der Waals surface area (Å²) in [5, 5.41) is 16.9. The van der Waals surface area contributed by atoms with Crippen LogP contribution in [0.5, 0.6) is 5.75 Å². The molecule has 27 heavy (non-hydrogen) atoms. The molecule has 3 rings (SSSR count). The number of nitrogens with one attached hydrogen (secondary N) is 2. The monoisotopic (exact) mass is 367 g/mol. The molecule has 0 fully saturated rings. The number of nitrogens with zero attached hydrogens (tertiary/aromatic N) is 1. The van der Waals surface area contributed by atoms with Gasteiger partial charge >= 0.3 is 0 Å². The van der Waals surface area contributed by atoms with Gasteiger partial charge in [-0.1, -0.05) is 0 Å². The van der Waals surface area contributed by atoms with Crippen LogP contribution in [0.3, 0.4) is 0 Å². The second-order valence-corrected chi connectivity index (χ2v) is 5.60. The molecule has 0 radical (unpaired) electrons. The summed E-state index contributed by atoms with van der Waals surface area (Å²) in [6, 6.07) is 14.4.